The summed E-state index contributed by atoms with van der Waals surface area (Å²) in [6.07, 6.45) is 5.93. The van der Waals surface area contributed by atoms with Gasteiger partial charge in [0.15, 0.2) is 0 Å². The number of quaternary nitrogens is 1. The lowest BCUT2D eigenvalue weighted by atomic mass is 9.93. The number of rotatable bonds is 15. The first-order valence-electron chi connectivity index (χ1n) is 17.8. The Morgan fingerprint density at radius 3 is 2.11 bits per heavy atom. The average molecular weight is 751 g/mol. The van der Waals surface area contributed by atoms with E-state index < -0.39 is 21.8 Å². The number of sulfonamides is 1. The Balaban J connectivity index is 0.971. The summed E-state index contributed by atoms with van der Waals surface area (Å²) in [4.78, 5) is 62.9. The summed E-state index contributed by atoms with van der Waals surface area (Å²) >= 11 is 0. The first-order chi connectivity index (χ1) is 25.7. The van der Waals surface area contributed by atoms with Crippen molar-refractivity contribution >= 4 is 55.2 Å². The molecule has 5 aromatic rings. The van der Waals surface area contributed by atoms with E-state index in [2.05, 4.69) is 36.3 Å². The molecule has 0 saturated carbocycles. The summed E-state index contributed by atoms with van der Waals surface area (Å²) in [5.74, 6) is -1.67. The number of amides is 4. The molecule has 0 aliphatic carbocycles. The molecule has 0 fully saturated rings. The molecule has 2 aliphatic heterocycles. The van der Waals surface area contributed by atoms with Gasteiger partial charge in [0.25, 0.3) is 23.6 Å². The zero-order valence-corrected chi connectivity index (χ0v) is 31.2. The molecule has 2 aliphatic rings. The normalized spacial score (nSPS) is 14.7. The van der Waals surface area contributed by atoms with E-state index in [0.717, 1.165) is 40.0 Å². The molecule has 0 saturated heterocycles. The molecule has 3 heterocycles. The molecule has 0 atom stereocenters. The minimum absolute atomic E-state index is 0.0772. The lowest BCUT2D eigenvalue weighted by Gasteiger charge is -2.32. The van der Waals surface area contributed by atoms with E-state index in [1.54, 1.807) is 42.9 Å². The second-order valence-corrected chi connectivity index (χ2v) is 16.2. The number of imide groups is 2. The number of imidazole rings is 1. The van der Waals surface area contributed by atoms with Gasteiger partial charge in [-0.2, -0.15) is 0 Å². The van der Waals surface area contributed by atoms with Gasteiger partial charge in [0, 0.05) is 88.4 Å². The van der Waals surface area contributed by atoms with Gasteiger partial charge in [0.2, 0.25) is 0 Å². The lowest BCUT2D eigenvalue weighted by Crippen LogP contribution is -2.47. The molecule has 14 nitrogen and oxygen atoms in total. The van der Waals surface area contributed by atoms with E-state index in [1.807, 2.05) is 29.0 Å². The van der Waals surface area contributed by atoms with E-state index in [1.165, 1.54) is 17.0 Å². The fraction of sp³-hybridized carbons (Fsp3) is 0.308. The molecule has 15 heteroatoms. The fourth-order valence-corrected chi connectivity index (χ4v) is 7.77. The Hall–Kier alpha value is -5.32. The number of nitrogens with zero attached hydrogens (tertiary/aromatic N) is 6. The van der Waals surface area contributed by atoms with Crippen LogP contribution in [0.15, 0.2) is 84.3 Å². The number of carbonyl (C=O) groups excluding carboxylic acids is 4. The van der Waals surface area contributed by atoms with E-state index in [4.69, 9.17) is 5.14 Å². The quantitative estimate of drug-likeness (QED) is 0.0952. The van der Waals surface area contributed by atoms with Crippen LogP contribution in [-0.4, -0.2) is 134 Å². The van der Waals surface area contributed by atoms with E-state index in [0.29, 0.717) is 59.0 Å². The Labute approximate surface area is 313 Å². The topological polar surface area (TPSA) is 166 Å². The minimum atomic E-state index is -4.32. The summed E-state index contributed by atoms with van der Waals surface area (Å²) in [6.45, 7) is 4.00. The van der Waals surface area contributed by atoms with Crippen LogP contribution in [0.1, 0.15) is 47.9 Å². The predicted octanol–water partition coefficient (Wildman–Crippen LogP) is 3.80. The molecular formula is C39H42N8O6S. The third-order valence-electron chi connectivity index (χ3n) is 10.0. The third kappa shape index (κ3) is 7.15. The van der Waals surface area contributed by atoms with Crippen molar-refractivity contribution < 1.29 is 32.1 Å². The molecule has 0 bridgehead atoms. The van der Waals surface area contributed by atoms with Crippen LogP contribution < -0.4 is 5.32 Å². The van der Waals surface area contributed by atoms with Crippen LogP contribution in [0.3, 0.4) is 0 Å². The molecule has 7 rings (SSSR count). The standard InChI is InChI=1S/C39H42N8O6S/c1-47(2,3)22-21-43(19-20-46-37(49)30-10-5-8-28-33(44-17-14-42-25-44)12-11-31(35(28)30)38(46)50)16-6-13-41-15-18-45-36(48)29-9-4-7-26-23-27(54(40,52)53)24-32(34(26)29)39(45)51/h4-5,7-12,14,17,23-25,41H,6,13,15-16,18-22H2,1-3H3,(H-,40,52,53). The molecule has 4 aromatic carbocycles. The summed E-state index contributed by atoms with van der Waals surface area (Å²) < 4.78 is 26.6. The van der Waals surface area contributed by atoms with Gasteiger partial charge in [-0.25, -0.2) is 13.4 Å². The van der Waals surface area contributed by atoms with Crippen molar-refractivity contribution in [2.45, 2.75) is 11.3 Å². The van der Waals surface area contributed by atoms with E-state index >= 15 is 0 Å². The van der Waals surface area contributed by atoms with Gasteiger partial charge >= 0.3 is 0 Å². The highest BCUT2D eigenvalue weighted by Gasteiger charge is 2.35. The van der Waals surface area contributed by atoms with E-state index in [-0.39, 0.29) is 35.4 Å². The van der Waals surface area contributed by atoms with Crippen molar-refractivity contribution in [1.82, 2.24) is 29.6 Å². The smallest absolute Gasteiger partial charge is 0.261 e. The second-order valence-electron chi connectivity index (χ2n) is 14.7. The number of carbonyl (C=O) groups is 4. The summed E-state index contributed by atoms with van der Waals surface area (Å²) in [5.41, 5.74) is 2.24. The van der Waals surface area contributed by atoms with Crippen LogP contribution in [0, 0.1) is 0 Å². The summed E-state index contributed by atoms with van der Waals surface area (Å²) in [5, 5.41) is 13.1. The van der Waals surface area contributed by atoms with Gasteiger partial charge < -0.3 is 19.5 Å². The first kappa shape index (κ1) is 37.0. The number of benzene rings is 4. The van der Waals surface area contributed by atoms with E-state index in [9.17, 15) is 27.6 Å². The largest absolute Gasteiger partial charge is 0.560 e. The van der Waals surface area contributed by atoms with Crippen LogP contribution in [0.5, 0.6) is 0 Å². The van der Waals surface area contributed by atoms with Crippen molar-refractivity contribution in [2.75, 3.05) is 73.5 Å². The highest BCUT2D eigenvalue weighted by molar-refractivity contribution is 7.93. The molecule has 1 aromatic heterocycles. The highest BCUT2D eigenvalue weighted by atomic mass is 32.2. The van der Waals surface area contributed by atoms with Crippen LogP contribution in [0.4, 0.5) is 0 Å². The maximum absolute atomic E-state index is 13.8. The minimum Gasteiger partial charge on any atom is -0.560 e. The Morgan fingerprint density at radius 2 is 1.43 bits per heavy atom. The number of hydrogen-bond donors (Lipinski definition) is 1. The molecule has 280 valence electrons. The van der Waals surface area contributed by atoms with Crippen molar-refractivity contribution in [3.63, 3.8) is 0 Å². The lowest BCUT2D eigenvalue weighted by molar-refractivity contribution is -0.869. The highest BCUT2D eigenvalue weighted by Crippen LogP contribution is 2.35. The van der Waals surface area contributed by atoms with Crippen LogP contribution in [0.2, 0.25) is 0 Å². The molecule has 54 heavy (non-hydrogen) atoms. The SMILES string of the molecule is C[N+](C)(C)CCN(CCCNCCN1C(=O)c2cccc3cc(S([NH-])(=O)=O)cc(c23)C1=O)CCN1C(=O)c2cccc3c(-n4ccnc4)ccc(c23)C1=O. The summed E-state index contributed by atoms with van der Waals surface area (Å²) in [6, 6.07) is 16.6. The Kier molecular flexibility index (Phi) is 9.93. The Morgan fingerprint density at radius 1 is 0.759 bits per heavy atom. The molecular weight excluding hydrogens is 709 g/mol. The van der Waals surface area contributed by atoms with Gasteiger partial charge in [-0.1, -0.05) is 24.3 Å². The zero-order chi connectivity index (χ0) is 38.4. The van der Waals surface area contributed by atoms with Gasteiger partial charge in [-0.3, -0.25) is 33.9 Å². The predicted molar refractivity (Wildman–Crippen MR) is 204 cm³/mol. The first-order valence-corrected chi connectivity index (χ1v) is 19.3. The van der Waals surface area contributed by atoms with Crippen molar-refractivity contribution in [2.24, 2.45) is 0 Å². The maximum Gasteiger partial charge on any atom is 0.261 e. The second kappa shape index (κ2) is 14.5. The molecule has 0 spiro atoms. The molecule has 2 N–H and O–H groups in total. The molecule has 0 radical (unpaired) electrons. The van der Waals surface area contributed by atoms with Gasteiger partial charge in [-0.05, 0) is 61.3 Å². The monoisotopic (exact) mass is 750 g/mol. The Bertz CT molecular complexity index is 2400. The van der Waals surface area contributed by atoms with Gasteiger partial charge in [0.05, 0.1) is 49.7 Å². The van der Waals surface area contributed by atoms with Crippen LogP contribution >= 0.6 is 0 Å². The third-order valence-corrected chi connectivity index (χ3v) is 10.9. The van der Waals surface area contributed by atoms with Crippen LogP contribution in [0.25, 0.3) is 32.4 Å². The zero-order valence-electron chi connectivity index (χ0n) is 30.4. The molecule has 0 unspecified atom stereocenters. The van der Waals surface area contributed by atoms with Crippen molar-refractivity contribution in [3.05, 3.63) is 107 Å². The number of nitrogens with one attached hydrogen (secondary N) is 2. The van der Waals surface area contributed by atoms with Crippen molar-refractivity contribution in [3.8, 4) is 5.69 Å². The number of likely N-dealkylation sites (N-methyl/N-ethyl adjacent to an activating group) is 1. The fourth-order valence-electron chi connectivity index (χ4n) is 7.21. The van der Waals surface area contributed by atoms with Crippen molar-refractivity contribution in [1.29, 1.82) is 0 Å². The summed E-state index contributed by atoms with van der Waals surface area (Å²) in [7, 11) is 2.02. The number of hydrogen-bond acceptors (Lipinski definition) is 9. The molecule has 4 amide bonds. The number of aromatic nitrogens is 2. The van der Waals surface area contributed by atoms with Gasteiger partial charge in [-0.15, -0.1) is 0 Å². The average Bonchev–Trinajstić information content (AvgIpc) is 3.67. The maximum atomic E-state index is 13.8. The van der Waals surface area contributed by atoms with Gasteiger partial charge in [0.1, 0.15) is 0 Å². The van der Waals surface area contributed by atoms with Crippen LogP contribution in [-0.2, 0) is 10.0 Å².